The van der Waals surface area contributed by atoms with Crippen LogP contribution >= 0.6 is 15.9 Å². The number of phenols is 1. The Hall–Kier alpha value is -3.27. The number of rotatable bonds is 8. The van der Waals surface area contributed by atoms with Crippen LogP contribution in [0.4, 0.5) is 5.69 Å². The Morgan fingerprint density at radius 3 is 2.79 bits per heavy atom. The minimum absolute atomic E-state index is 0.0325. The summed E-state index contributed by atoms with van der Waals surface area (Å²) in [6.45, 7) is 0.227. The Kier molecular flexibility index (Phi) is 7.64. The average Bonchev–Trinajstić information content (AvgIpc) is 2.67. The van der Waals surface area contributed by atoms with Gasteiger partial charge < -0.3 is 10.4 Å². The summed E-state index contributed by atoms with van der Waals surface area (Å²) in [5, 5.41) is 26.8. The smallest absolute Gasteiger partial charge is 0.270 e. The van der Waals surface area contributed by atoms with Crippen LogP contribution in [0.1, 0.15) is 28.8 Å². The van der Waals surface area contributed by atoms with E-state index < -0.39 is 10.8 Å². The molecule has 2 aromatic carbocycles. The molecule has 0 unspecified atom stereocenters. The van der Waals surface area contributed by atoms with Crippen LogP contribution < -0.4 is 10.7 Å². The maximum absolute atomic E-state index is 12.0. The fourth-order valence-corrected chi connectivity index (χ4v) is 2.55. The quantitative estimate of drug-likeness (QED) is 0.247. The molecule has 10 heteroatoms. The lowest BCUT2D eigenvalue weighted by Crippen LogP contribution is -2.26. The number of nitro groups is 1. The van der Waals surface area contributed by atoms with Gasteiger partial charge in [0.25, 0.3) is 11.6 Å². The van der Waals surface area contributed by atoms with Crippen molar-refractivity contribution in [2.75, 3.05) is 6.54 Å². The third-order valence-electron chi connectivity index (χ3n) is 3.57. The maximum atomic E-state index is 12.0. The number of nitrogens with zero attached hydrogens (tertiary/aromatic N) is 2. The highest BCUT2D eigenvalue weighted by Crippen LogP contribution is 2.19. The van der Waals surface area contributed by atoms with Gasteiger partial charge in [-0.15, -0.1) is 0 Å². The lowest BCUT2D eigenvalue weighted by atomic mass is 10.2. The highest BCUT2D eigenvalue weighted by Gasteiger charge is 2.11. The molecule has 2 amide bonds. The van der Waals surface area contributed by atoms with E-state index in [1.807, 2.05) is 0 Å². The van der Waals surface area contributed by atoms with Crippen molar-refractivity contribution >= 4 is 39.6 Å². The van der Waals surface area contributed by atoms with Crippen LogP contribution in [0.3, 0.4) is 0 Å². The number of non-ortho nitro benzene ring substituents is 1. The highest BCUT2D eigenvalue weighted by atomic mass is 79.9. The van der Waals surface area contributed by atoms with Crippen LogP contribution in [0, 0.1) is 10.1 Å². The molecule has 0 fully saturated rings. The molecule has 0 aliphatic heterocycles. The molecule has 0 radical (unpaired) electrons. The van der Waals surface area contributed by atoms with E-state index in [-0.39, 0.29) is 35.9 Å². The topological polar surface area (TPSA) is 134 Å². The van der Waals surface area contributed by atoms with Crippen molar-refractivity contribution in [3.05, 3.63) is 68.2 Å². The zero-order valence-corrected chi connectivity index (χ0v) is 16.2. The van der Waals surface area contributed by atoms with Crippen molar-refractivity contribution < 1.29 is 19.6 Å². The molecule has 2 aromatic rings. The number of nitro benzene ring substituents is 1. The predicted molar refractivity (Wildman–Crippen MR) is 106 cm³/mol. The first-order valence-corrected chi connectivity index (χ1v) is 8.99. The number of phenolic OH excluding ortho intramolecular Hbond substituents is 1. The Labute approximate surface area is 168 Å². The van der Waals surface area contributed by atoms with Crippen LogP contribution in [-0.4, -0.2) is 34.6 Å². The largest absolute Gasteiger partial charge is 0.507 e. The molecule has 0 aliphatic carbocycles. The summed E-state index contributed by atoms with van der Waals surface area (Å²) in [4.78, 5) is 33.9. The van der Waals surface area contributed by atoms with Crippen molar-refractivity contribution in [3.63, 3.8) is 0 Å². The van der Waals surface area contributed by atoms with Crippen molar-refractivity contribution in [2.45, 2.75) is 12.8 Å². The number of hydrogen-bond donors (Lipinski definition) is 3. The zero-order valence-electron chi connectivity index (χ0n) is 14.6. The normalized spacial score (nSPS) is 10.6. The van der Waals surface area contributed by atoms with Gasteiger partial charge in [-0.05, 0) is 30.7 Å². The maximum Gasteiger partial charge on any atom is 0.270 e. The van der Waals surface area contributed by atoms with Gasteiger partial charge in [-0.1, -0.05) is 22.0 Å². The first-order chi connectivity index (χ1) is 13.4. The Bertz CT molecular complexity index is 917. The number of amides is 2. The number of carbonyl (C=O) groups is 2. The average molecular weight is 449 g/mol. The van der Waals surface area contributed by atoms with Gasteiger partial charge in [0.1, 0.15) is 5.75 Å². The van der Waals surface area contributed by atoms with Crippen molar-refractivity contribution in [1.82, 2.24) is 10.7 Å². The number of hydrogen-bond acceptors (Lipinski definition) is 6. The number of aromatic hydroxyl groups is 1. The lowest BCUT2D eigenvalue weighted by molar-refractivity contribution is -0.384. The third kappa shape index (κ3) is 6.47. The van der Waals surface area contributed by atoms with E-state index in [1.165, 1.54) is 36.5 Å². The van der Waals surface area contributed by atoms with Gasteiger partial charge >= 0.3 is 0 Å². The van der Waals surface area contributed by atoms with Crippen LogP contribution in [0.15, 0.2) is 52.0 Å². The second-order valence-corrected chi connectivity index (χ2v) is 6.58. The summed E-state index contributed by atoms with van der Waals surface area (Å²) in [6.07, 6.45) is 1.81. The first kappa shape index (κ1) is 21.0. The van der Waals surface area contributed by atoms with Gasteiger partial charge in [0.2, 0.25) is 5.91 Å². The third-order valence-corrected chi connectivity index (χ3v) is 4.06. The van der Waals surface area contributed by atoms with Crippen LogP contribution in [0.25, 0.3) is 0 Å². The van der Waals surface area contributed by atoms with Crippen molar-refractivity contribution in [2.24, 2.45) is 5.10 Å². The molecule has 0 atom stereocenters. The van der Waals surface area contributed by atoms with Gasteiger partial charge in [0.05, 0.1) is 11.1 Å². The SMILES string of the molecule is O=C(CCCNC(=O)c1cccc([N+](=O)[O-])c1)N/N=C/c1cc(Br)ccc1O. The Morgan fingerprint density at radius 1 is 1.25 bits per heavy atom. The molecular formula is C18H17BrN4O5. The zero-order chi connectivity index (χ0) is 20.5. The summed E-state index contributed by atoms with van der Waals surface area (Å²) < 4.78 is 0.762. The fourth-order valence-electron chi connectivity index (χ4n) is 2.17. The number of hydrazone groups is 1. The summed E-state index contributed by atoms with van der Waals surface area (Å²) in [6, 6.07) is 10.2. The minimum atomic E-state index is -0.574. The molecule has 0 heterocycles. The molecule has 0 spiro atoms. The highest BCUT2D eigenvalue weighted by molar-refractivity contribution is 9.10. The molecule has 0 bridgehead atoms. The molecule has 0 aromatic heterocycles. The van der Waals surface area contributed by atoms with Gasteiger partial charge in [-0.25, -0.2) is 5.43 Å². The standard InChI is InChI=1S/C18H17BrN4O5/c19-14-6-7-16(24)13(9-14)11-21-22-17(25)5-2-8-20-18(26)12-3-1-4-15(10-12)23(27)28/h1,3-4,6-7,9-11,24H,2,5,8H2,(H,20,26)(H,22,25)/b21-11+. The minimum Gasteiger partial charge on any atom is -0.507 e. The number of halogens is 1. The van der Waals surface area contributed by atoms with Gasteiger partial charge in [0, 0.05) is 40.7 Å². The van der Waals surface area contributed by atoms with E-state index >= 15 is 0 Å². The second-order valence-electron chi connectivity index (χ2n) is 5.66. The number of carbonyl (C=O) groups excluding carboxylic acids is 2. The van der Waals surface area contributed by atoms with Crippen molar-refractivity contribution in [3.8, 4) is 5.75 Å². The summed E-state index contributed by atoms with van der Waals surface area (Å²) in [5.74, 6) is -0.771. The Balaban J connectivity index is 1.73. The van der Waals surface area contributed by atoms with E-state index in [4.69, 9.17) is 0 Å². The molecule has 28 heavy (non-hydrogen) atoms. The van der Waals surface area contributed by atoms with E-state index in [2.05, 4.69) is 31.8 Å². The molecule has 0 aliphatic rings. The first-order valence-electron chi connectivity index (χ1n) is 8.20. The summed E-state index contributed by atoms with van der Waals surface area (Å²) in [7, 11) is 0. The van der Waals surface area contributed by atoms with Gasteiger partial charge in [-0.3, -0.25) is 19.7 Å². The Morgan fingerprint density at radius 2 is 2.04 bits per heavy atom. The lowest BCUT2D eigenvalue weighted by Gasteiger charge is -2.05. The van der Waals surface area contributed by atoms with Crippen LogP contribution in [0.5, 0.6) is 5.75 Å². The summed E-state index contributed by atoms with van der Waals surface area (Å²) in [5.41, 5.74) is 2.79. The molecule has 9 nitrogen and oxygen atoms in total. The number of nitrogens with one attached hydrogen (secondary N) is 2. The van der Waals surface area contributed by atoms with Gasteiger partial charge in [0.15, 0.2) is 0 Å². The van der Waals surface area contributed by atoms with Crippen LogP contribution in [-0.2, 0) is 4.79 Å². The fraction of sp³-hybridized carbons (Fsp3) is 0.167. The van der Waals surface area contributed by atoms with Crippen LogP contribution in [0.2, 0.25) is 0 Å². The monoisotopic (exact) mass is 448 g/mol. The van der Waals surface area contributed by atoms with Crippen molar-refractivity contribution in [1.29, 1.82) is 0 Å². The molecule has 2 rings (SSSR count). The molecule has 3 N–H and O–H groups in total. The van der Waals surface area contributed by atoms with E-state index in [0.29, 0.717) is 12.0 Å². The molecular weight excluding hydrogens is 432 g/mol. The molecule has 146 valence electrons. The van der Waals surface area contributed by atoms with E-state index in [9.17, 15) is 24.8 Å². The molecule has 0 saturated carbocycles. The van der Waals surface area contributed by atoms with E-state index in [1.54, 1.807) is 12.1 Å². The molecule has 0 saturated heterocycles. The predicted octanol–water partition coefficient (Wildman–Crippen LogP) is 2.72. The second kappa shape index (κ2) is 10.2. The van der Waals surface area contributed by atoms with Gasteiger partial charge in [-0.2, -0.15) is 5.10 Å². The summed E-state index contributed by atoms with van der Waals surface area (Å²) >= 11 is 3.27. The van der Waals surface area contributed by atoms with E-state index in [0.717, 1.165) is 4.47 Å². The number of benzene rings is 2.